The lowest BCUT2D eigenvalue weighted by Gasteiger charge is -2.32. The summed E-state index contributed by atoms with van der Waals surface area (Å²) in [6, 6.07) is 10.1. The van der Waals surface area contributed by atoms with Gasteiger partial charge in [-0.1, -0.05) is 37.3 Å². The van der Waals surface area contributed by atoms with Crippen LogP contribution in [0.4, 0.5) is 0 Å². The summed E-state index contributed by atoms with van der Waals surface area (Å²) in [5.41, 5.74) is 0.706. The van der Waals surface area contributed by atoms with Crippen molar-refractivity contribution < 1.29 is 9.53 Å². The maximum atomic E-state index is 11.7. The third kappa shape index (κ3) is 2.72. The molecule has 0 aliphatic heterocycles. The first kappa shape index (κ1) is 13.1. The van der Waals surface area contributed by atoms with Crippen LogP contribution in [0.3, 0.4) is 0 Å². The number of methoxy groups -OCH3 is 1. The van der Waals surface area contributed by atoms with Gasteiger partial charge in [-0.15, -0.1) is 0 Å². The molecule has 0 radical (unpaired) electrons. The van der Waals surface area contributed by atoms with E-state index in [1.54, 1.807) is 7.11 Å². The van der Waals surface area contributed by atoms with Crippen molar-refractivity contribution in [3.63, 3.8) is 0 Å². The van der Waals surface area contributed by atoms with Gasteiger partial charge < -0.3 is 10.1 Å². The second-order valence-corrected chi connectivity index (χ2v) is 4.91. The van der Waals surface area contributed by atoms with Gasteiger partial charge in [-0.3, -0.25) is 4.79 Å². The van der Waals surface area contributed by atoms with Crippen LogP contribution in [0.25, 0.3) is 0 Å². The second-order valence-electron chi connectivity index (χ2n) is 4.91. The van der Waals surface area contributed by atoms with Crippen LogP contribution < -0.4 is 5.32 Å². The molecule has 1 aromatic carbocycles. The molecule has 1 aliphatic rings. The maximum Gasteiger partial charge on any atom is 0.223 e. The zero-order valence-corrected chi connectivity index (χ0v) is 11.1. The highest BCUT2D eigenvalue weighted by atomic mass is 16.5. The summed E-state index contributed by atoms with van der Waals surface area (Å²) >= 11 is 0. The zero-order valence-electron chi connectivity index (χ0n) is 11.1. The molecule has 18 heavy (non-hydrogen) atoms. The fraction of sp³-hybridized carbons (Fsp3) is 0.533. The van der Waals surface area contributed by atoms with Gasteiger partial charge in [0.25, 0.3) is 0 Å². The van der Waals surface area contributed by atoms with E-state index < -0.39 is 5.60 Å². The minimum atomic E-state index is -0.411. The van der Waals surface area contributed by atoms with Crippen LogP contribution in [0, 0.1) is 5.92 Å². The molecule has 1 atom stereocenters. The van der Waals surface area contributed by atoms with Gasteiger partial charge in [-0.2, -0.15) is 0 Å². The molecule has 0 aromatic heterocycles. The van der Waals surface area contributed by atoms with Crippen molar-refractivity contribution in [2.75, 3.05) is 13.7 Å². The average Bonchev–Trinajstić information content (AvgIpc) is 3.26. The summed E-state index contributed by atoms with van der Waals surface area (Å²) in [6.45, 7) is 2.62. The highest BCUT2D eigenvalue weighted by molar-refractivity contribution is 5.80. The van der Waals surface area contributed by atoms with Crippen LogP contribution in [-0.2, 0) is 15.1 Å². The van der Waals surface area contributed by atoms with Crippen molar-refractivity contribution in [2.24, 2.45) is 5.92 Å². The predicted octanol–water partition coefficient (Wildman–Crippen LogP) is 2.46. The highest BCUT2D eigenvalue weighted by Gasteiger charge is 2.34. The van der Waals surface area contributed by atoms with E-state index >= 15 is 0 Å². The molecule has 1 fully saturated rings. The van der Waals surface area contributed by atoms with Gasteiger partial charge >= 0.3 is 0 Å². The van der Waals surface area contributed by atoms with Crippen molar-refractivity contribution in [3.8, 4) is 0 Å². The number of rotatable bonds is 6. The molecule has 1 saturated carbocycles. The van der Waals surface area contributed by atoms with Gasteiger partial charge in [0.1, 0.15) is 5.60 Å². The number of carbonyl (C=O) groups is 1. The maximum absolute atomic E-state index is 11.7. The topological polar surface area (TPSA) is 38.3 Å². The Kier molecular flexibility index (Phi) is 4.02. The normalized spacial score (nSPS) is 18.1. The third-order valence-electron chi connectivity index (χ3n) is 3.76. The summed E-state index contributed by atoms with van der Waals surface area (Å²) in [6.07, 6.45) is 2.89. The number of hydrogen-bond acceptors (Lipinski definition) is 2. The summed E-state index contributed by atoms with van der Waals surface area (Å²) < 4.78 is 5.71. The molecule has 0 spiro atoms. The molecule has 98 valence electrons. The van der Waals surface area contributed by atoms with Crippen LogP contribution in [0.2, 0.25) is 0 Å². The van der Waals surface area contributed by atoms with Crippen molar-refractivity contribution in [2.45, 2.75) is 31.8 Å². The lowest BCUT2D eigenvalue weighted by atomic mass is 9.90. The smallest absolute Gasteiger partial charge is 0.223 e. The number of amides is 1. The molecule has 3 nitrogen and oxygen atoms in total. The van der Waals surface area contributed by atoms with Crippen LogP contribution in [-0.4, -0.2) is 19.6 Å². The van der Waals surface area contributed by atoms with Crippen LogP contribution in [0.15, 0.2) is 30.3 Å². The Hall–Kier alpha value is -1.35. The van der Waals surface area contributed by atoms with Gasteiger partial charge in [-0.25, -0.2) is 0 Å². The van der Waals surface area contributed by atoms with E-state index in [9.17, 15) is 4.79 Å². The first-order valence-electron chi connectivity index (χ1n) is 6.60. The largest absolute Gasteiger partial charge is 0.372 e. The molecular weight excluding hydrogens is 226 g/mol. The Morgan fingerprint density at radius 3 is 2.56 bits per heavy atom. The Morgan fingerprint density at radius 1 is 1.39 bits per heavy atom. The summed E-state index contributed by atoms with van der Waals surface area (Å²) in [4.78, 5) is 11.7. The predicted molar refractivity (Wildman–Crippen MR) is 71.2 cm³/mol. The van der Waals surface area contributed by atoms with E-state index in [0.29, 0.717) is 6.54 Å². The van der Waals surface area contributed by atoms with E-state index in [1.165, 1.54) is 0 Å². The number of carbonyl (C=O) groups excluding carboxylic acids is 1. The van der Waals surface area contributed by atoms with Gasteiger partial charge in [0.15, 0.2) is 0 Å². The molecular formula is C15H21NO2. The number of ether oxygens (including phenoxy) is 1. The molecule has 1 amide bonds. The second kappa shape index (κ2) is 5.53. The molecule has 0 heterocycles. The third-order valence-corrected chi connectivity index (χ3v) is 3.76. The number of hydrogen-bond donors (Lipinski definition) is 1. The molecule has 1 aliphatic carbocycles. The zero-order chi connectivity index (χ0) is 13.0. The lowest BCUT2D eigenvalue weighted by Crippen LogP contribution is -2.42. The summed E-state index contributed by atoms with van der Waals surface area (Å²) in [5, 5.41) is 3.02. The standard InChI is InChI=1S/C15H21NO2/c1-3-15(18-2,13-7-5-4-6-8-13)11-16-14(17)12-9-10-12/h4-8,12H,3,9-11H2,1-2H3,(H,16,17)/t15-/m0/s1. The van der Waals surface area contributed by atoms with Gasteiger partial charge in [0.2, 0.25) is 5.91 Å². The average molecular weight is 247 g/mol. The monoisotopic (exact) mass is 247 g/mol. The fourth-order valence-corrected chi connectivity index (χ4v) is 2.23. The molecule has 0 unspecified atom stereocenters. The van der Waals surface area contributed by atoms with Crippen molar-refractivity contribution >= 4 is 5.91 Å². The molecule has 0 bridgehead atoms. The quantitative estimate of drug-likeness (QED) is 0.838. The Labute approximate surface area is 109 Å². The van der Waals surface area contributed by atoms with Crippen molar-refractivity contribution in [1.82, 2.24) is 5.32 Å². The SMILES string of the molecule is CC[C@@](CNC(=O)C1CC1)(OC)c1ccccc1. The van der Waals surface area contributed by atoms with Gasteiger partial charge in [0.05, 0.1) is 6.54 Å². The molecule has 2 rings (SSSR count). The number of benzene rings is 1. The first-order chi connectivity index (χ1) is 8.72. The Morgan fingerprint density at radius 2 is 2.06 bits per heavy atom. The summed E-state index contributed by atoms with van der Waals surface area (Å²) in [7, 11) is 1.71. The van der Waals surface area contributed by atoms with Gasteiger partial charge in [-0.05, 0) is 24.8 Å². The number of nitrogens with one attached hydrogen (secondary N) is 1. The summed E-state index contributed by atoms with van der Waals surface area (Å²) in [5.74, 6) is 0.410. The Bertz CT molecular complexity index is 394. The van der Waals surface area contributed by atoms with E-state index in [4.69, 9.17) is 4.74 Å². The van der Waals surface area contributed by atoms with Crippen LogP contribution in [0.1, 0.15) is 31.7 Å². The van der Waals surface area contributed by atoms with Crippen molar-refractivity contribution in [1.29, 1.82) is 0 Å². The molecule has 1 N–H and O–H groups in total. The van der Waals surface area contributed by atoms with E-state index in [-0.39, 0.29) is 11.8 Å². The van der Waals surface area contributed by atoms with E-state index in [0.717, 1.165) is 24.8 Å². The van der Waals surface area contributed by atoms with E-state index in [2.05, 4.69) is 24.4 Å². The van der Waals surface area contributed by atoms with E-state index in [1.807, 2.05) is 18.2 Å². The van der Waals surface area contributed by atoms with Crippen molar-refractivity contribution in [3.05, 3.63) is 35.9 Å². The molecule has 1 aromatic rings. The van der Waals surface area contributed by atoms with Crippen LogP contribution >= 0.6 is 0 Å². The Balaban J connectivity index is 2.08. The minimum absolute atomic E-state index is 0.167. The fourth-order valence-electron chi connectivity index (χ4n) is 2.23. The molecule has 0 saturated heterocycles. The van der Waals surface area contributed by atoms with Gasteiger partial charge in [0, 0.05) is 13.0 Å². The molecule has 3 heteroatoms. The minimum Gasteiger partial charge on any atom is -0.372 e. The first-order valence-corrected chi connectivity index (χ1v) is 6.60. The van der Waals surface area contributed by atoms with Crippen LogP contribution in [0.5, 0.6) is 0 Å². The lowest BCUT2D eigenvalue weighted by molar-refractivity contribution is -0.124. The highest BCUT2D eigenvalue weighted by Crippen LogP contribution is 2.31.